The van der Waals surface area contributed by atoms with E-state index in [9.17, 15) is 35.9 Å². The number of thiazole rings is 1. The Bertz CT molecular complexity index is 1320. The second-order valence-corrected chi connectivity index (χ2v) is 10.6. The molecule has 3 rings (SSSR count). The molecule has 41 heavy (non-hydrogen) atoms. The van der Waals surface area contributed by atoms with Gasteiger partial charge >= 0.3 is 12.4 Å². The van der Waals surface area contributed by atoms with Crippen molar-refractivity contribution in [1.82, 2.24) is 30.0 Å². The predicted octanol–water partition coefficient (Wildman–Crippen LogP) is 6.08. The van der Waals surface area contributed by atoms with Crippen molar-refractivity contribution >= 4 is 30.4 Å². The number of nitrogens with zero attached hydrogens (tertiary/aromatic N) is 5. The average Bonchev–Trinajstić information content (AvgIpc) is 3.49. The van der Waals surface area contributed by atoms with Crippen LogP contribution in [0.5, 0.6) is 0 Å². The Kier molecular flexibility index (Phi) is 11.1. The molecule has 0 bridgehead atoms. The van der Waals surface area contributed by atoms with Crippen LogP contribution in [0.2, 0.25) is 13.6 Å². The largest absolute Gasteiger partial charge is 0.416 e. The van der Waals surface area contributed by atoms with Gasteiger partial charge in [0.15, 0.2) is 5.82 Å². The standard InChI is InChI=1S/C23H24F6N6O2S.C2H6B/c1-11(2)10-34(5)20(37)17-9-30-21(38-17)35-18(32-13(4)33-35)12(3)31-19(36)14-6-15(22(24,25)26)8-16(7-14)23(27,28)29;1-3-2/h6-9,11-12H,10H2,1-5H3,(H,31,36);1-2H3. The third-order valence-electron chi connectivity index (χ3n) is 5.19. The summed E-state index contributed by atoms with van der Waals surface area (Å²) in [4.78, 5) is 35.7. The number of nitrogens with one attached hydrogen (secondary N) is 1. The maximum Gasteiger partial charge on any atom is 0.416 e. The molecule has 0 fully saturated rings. The van der Waals surface area contributed by atoms with E-state index >= 15 is 0 Å². The lowest BCUT2D eigenvalue weighted by molar-refractivity contribution is -0.143. The van der Waals surface area contributed by atoms with E-state index in [0.717, 1.165) is 11.3 Å². The molecule has 0 aliphatic rings. The van der Waals surface area contributed by atoms with E-state index < -0.39 is 41.0 Å². The first-order valence-corrected chi connectivity index (χ1v) is 13.2. The summed E-state index contributed by atoms with van der Waals surface area (Å²) in [6.07, 6.45) is -8.82. The van der Waals surface area contributed by atoms with Crippen LogP contribution in [-0.2, 0) is 12.4 Å². The SMILES string of the molecule is C[B]C.Cc1nc(C(C)NC(=O)c2cc(C(F)(F)F)cc(C(F)(F)F)c2)n(-c2ncc(C(=O)N(C)CC(C)C)s2)n1. The summed E-state index contributed by atoms with van der Waals surface area (Å²) in [7, 11) is 3.66. The molecule has 2 heterocycles. The highest BCUT2D eigenvalue weighted by atomic mass is 32.1. The Morgan fingerprint density at radius 3 is 2.07 bits per heavy atom. The lowest BCUT2D eigenvalue weighted by Crippen LogP contribution is -2.29. The van der Waals surface area contributed by atoms with Gasteiger partial charge in [0.1, 0.15) is 18.0 Å². The predicted molar refractivity (Wildman–Crippen MR) is 143 cm³/mol. The Morgan fingerprint density at radius 1 is 1.05 bits per heavy atom. The van der Waals surface area contributed by atoms with Gasteiger partial charge in [-0.15, -0.1) is 5.10 Å². The zero-order chi connectivity index (χ0) is 31.3. The fraction of sp³-hybridized carbons (Fsp3) is 0.480. The number of benzene rings is 1. The van der Waals surface area contributed by atoms with Gasteiger partial charge in [-0.05, 0) is 38.0 Å². The van der Waals surface area contributed by atoms with Gasteiger partial charge in [0.25, 0.3) is 11.8 Å². The van der Waals surface area contributed by atoms with Gasteiger partial charge in [0, 0.05) is 19.2 Å². The minimum atomic E-state index is -5.09. The van der Waals surface area contributed by atoms with Gasteiger partial charge in [0.05, 0.1) is 23.4 Å². The number of aromatic nitrogens is 4. The van der Waals surface area contributed by atoms with E-state index in [1.54, 1.807) is 18.9 Å². The fourth-order valence-corrected chi connectivity index (χ4v) is 4.43. The molecule has 1 atom stereocenters. The highest BCUT2D eigenvalue weighted by Gasteiger charge is 2.37. The molecule has 1 aromatic carbocycles. The van der Waals surface area contributed by atoms with Crippen molar-refractivity contribution in [3.8, 4) is 5.13 Å². The lowest BCUT2D eigenvalue weighted by atomic mass is 9.88. The van der Waals surface area contributed by atoms with E-state index in [4.69, 9.17) is 0 Å². The Morgan fingerprint density at radius 2 is 1.59 bits per heavy atom. The second-order valence-electron chi connectivity index (χ2n) is 9.58. The first-order valence-electron chi connectivity index (χ1n) is 12.4. The van der Waals surface area contributed by atoms with Crippen molar-refractivity contribution in [2.45, 2.75) is 59.7 Å². The minimum absolute atomic E-state index is 0.0554. The van der Waals surface area contributed by atoms with E-state index in [1.807, 2.05) is 34.8 Å². The minimum Gasteiger partial charge on any atom is -0.342 e. The van der Waals surface area contributed by atoms with Crippen LogP contribution in [0, 0.1) is 12.8 Å². The van der Waals surface area contributed by atoms with Crippen LogP contribution in [0.15, 0.2) is 24.4 Å². The number of alkyl halides is 6. The van der Waals surface area contributed by atoms with Gasteiger partial charge in [-0.3, -0.25) is 9.59 Å². The van der Waals surface area contributed by atoms with E-state index in [-0.39, 0.29) is 34.7 Å². The van der Waals surface area contributed by atoms with Crippen molar-refractivity contribution in [3.63, 3.8) is 0 Å². The fourth-order valence-electron chi connectivity index (χ4n) is 3.56. The van der Waals surface area contributed by atoms with Crippen molar-refractivity contribution in [3.05, 3.63) is 57.6 Å². The molecule has 3 aromatic rings. The van der Waals surface area contributed by atoms with Crippen LogP contribution in [0.3, 0.4) is 0 Å². The lowest BCUT2D eigenvalue weighted by Gasteiger charge is -2.18. The summed E-state index contributed by atoms with van der Waals surface area (Å²) in [6, 6.07) is -0.362. The van der Waals surface area contributed by atoms with Gasteiger partial charge in [-0.2, -0.15) is 31.0 Å². The summed E-state index contributed by atoms with van der Waals surface area (Å²) >= 11 is 1.01. The molecule has 0 saturated carbocycles. The summed E-state index contributed by atoms with van der Waals surface area (Å²) < 4.78 is 80.4. The number of halogens is 6. The topological polar surface area (TPSA) is 93.0 Å². The molecule has 2 amide bonds. The van der Waals surface area contributed by atoms with Crippen LogP contribution in [0.4, 0.5) is 26.3 Å². The molecule has 1 radical (unpaired) electrons. The maximum absolute atomic E-state index is 13.2. The van der Waals surface area contributed by atoms with Gasteiger partial charge in [0.2, 0.25) is 5.13 Å². The zero-order valence-electron chi connectivity index (χ0n) is 23.5. The normalized spacial score (nSPS) is 12.4. The smallest absolute Gasteiger partial charge is 0.342 e. The molecule has 2 aromatic heterocycles. The number of carbonyl (C=O) groups is 2. The van der Waals surface area contributed by atoms with Crippen LogP contribution >= 0.6 is 11.3 Å². The molecule has 16 heteroatoms. The molecule has 1 unspecified atom stereocenters. The maximum atomic E-state index is 13.2. The van der Waals surface area contributed by atoms with Gasteiger partial charge in [-0.25, -0.2) is 9.97 Å². The van der Waals surface area contributed by atoms with Crippen LogP contribution in [0.25, 0.3) is 5.13 Å². The number of aryl methyl sites for hydroxylation is 1. The number of hydrogen-bond acceptors (Lipinski definition) is 6. The third-order valence-corrected chi connectivity index (χ3v) is 6.15. The number of carbonyl (C=O) groups excluding carboxylic acids is 2. The Balaban J connectivity index is 0.00000187. The first kappa shape index (κ1) is 33.8. The molecular weight excluding hydrogens is 573 g/mol. The summed E-state index contributed by atoms with van der Waals surface area (Å²) in [5.41, 5.74) is -4.03. The van der Waals surface area contributed by atoms with Crippen LogP contribution in [0.1, 0.15) is 69.6 Å². The number of hydrogen-bond donors (Lipinski definition) is 1. The Hall–Kier alpha value is -3.43. The molecule has 0 aliphatic heterocycles. The van der Waals surface area contributed by atoms with E-state index in [1.165, 1.54) is 17.8 Å². The highest BCUT2D eigenvalue weighted by molar-refractivity contribution is 7.16. The molecule has 0 saturated heterocycles. The highest BCUT2D eigenvalue weighted by Crippen LogP contribution is 2.36. The molecule has 0 aliphatic carbocycles. The monoisotopic (exact) mass is 603 g/mol. The quantitative estimate of drug-likeness (QED) is 0.261. The molecular formula is C25H30BF6N6O2S. The zero-order valence-corrected chi connectivity index (χ0v) is 24.3. The molecule has 1 N–H and O–H groups in total. The van der Waals surface area contributed by atoms with Crippen molar-refractivity contribution < 1.29 is 35.9 Å². The summed E-state index contributed by atoms with van der Waals surface area (Å²) in [6.45, 7) is 11.4. The van der Waals surface area contributed by atoms with Gasteiger partial charge < -0.3 is 10.2 Å². The first-order chi connectivity index (χ1) is 18.9. The van der Waals surface area contributed by atoms with Crippen molar-refractivity contribution in [1.29, 1.82) is 0 Å². The van der Waals surface area contributed by atoms with Crippen LogP contribution < -0.4 is 5.32 Å². The summed E-state index contributed by atoms with van der Waals surface area (Å²) in [5, 5.41) is 6.83. The van der Waals surface area contributed by atoms with Crippen molar-refractivity contribution in [2.24, 2.45) is 5.92 Å². The number of rotatable bonds is 7. The number of amides is 2. The summed E-state index contributed by atoms with van der Waals surface area (Å²) in [5.74, 6) is -0.810. The van der Waals surface area contributed by atoms with Crippen molar-refractivity contribution in [2.75, 3.05) is 13.6 Å². The third kappa shape index (κ3) is 9.03. The van der Waals surface area contributed by atoms with Crippen LogP contribution in [-0.4, -0.2) is 57.3 Å². The average molecular weight is 603 g/mol. The van der Waals surface area contributed by atoms with Gasteiger partial charge in [-0.1, -0.05) is 38.8 Å². The Labute approximate surface area is 238 Å². The molecule has 223 valence electrons. The van der Waals surface area contributed by atoms with E-state index in [0.29, 0.717) is 23.6 Å². The second kappa shape index (κ2) is 13.5. The molecule has 8 nitrogen and oxygen atoms in total. The molecule has 0 spiro atoms. The van der Waals surface area contributed by atoms with E-state index in [2.05, 4.69) is 20.4 Å².